The van der Waals surface area contributed by atoms with E-state index in [1.54, 1.807) is 12.0 Å². The van der Waals surface area contributed by atoms with Gasteiger partial charge < -0.3 is 9.64 Å². The third kappa shape index (κ3) is 2.68. The highest BCUT2D eigenvalue weighted by Gasteiger charge is 2.45. The van der Waals surface area contributed by atoms with Crippen molar-refractivity contribution in [3.63, 3.8) is 0 Å². The molecular formula is C18H19N5O2. The van der Waals surface area contributed by atoms with Gasteiger partial charge in [0.2, 0.25) is 0 Å². The molecule has 1 aliphatic heterocycles. The van der Waals surface area contributed by atoms with Crippen LogP contribution in [0.3, 0.4) is 0 Å². The van der Waals surface area contributed by atoms with E-state index in [9.17, 15) is 10.1 Å². The van der Waals surface area contributed by atoms with E-state index < -0.39 is 0 Å². The van der Waals surface area contributed by atoms with Gasteiger partial charge in [0.1, 0.15) is 12.2 Å². The number of hydrogen-bond donors (Lipinski definition) is 1. The summed E-state index contributed by atoms with van der Waals surface area (Å²) in [5, 5.41) is 16.1. The average molecular weight is 337 g/mol. The van der Waals surface area contributed by atoms with Crippen molar-refractivity contribution in [1.29, 1.82) is 5.26 Å². The molecule has 1 aromatic carbocycles. The minimum atomic E-state index is -0.335. The van der Waals surface area contributed by atoms with Crippen LogP contribution in [0.15, 0.2) is 30.6 Å². The fraction of sp³-hybridized carbons (Fsp3) is 0.444. The van der Waals surface area contributed by atoms with Gasteiger partial charge in [-0.3, -0.25) is 9.89 Å². The first kappa shape index (κ1) is 15.8. The largest absolute Gasteiger partial charge is 0.380 e. The summed E-state index contributed by atoms with van der Waals surface area (Å²) in [5.41, 5.74) is 1.27. The first-order valence-corrected chi connectivity index (χ1v) is 8.38. The minimum absolute atomic E-state index is 0.0216. The molecule has 7 heteroatoms. The van der Waals surface area contributed by atoms with E-state index in [4.69, 9.17) is 4.74 Å². The second kappa shape index (κ2) is 5.97. The van der Waals surface area contributed by atoms with Crippen molar-refractivity contribution in [1.82, 2.24) is 20.1 Å². The number of hydrogen-bond acceptors (Lipinski definition) is 5. The molecule has 4 rings (SSSR count). The van der Waals surface area contributed by atoms with E-state index in [2.05, 4.69) is 21.3 Å². The summed E-state index contributed by atoms with van der Waals surface area (Å²) in [4.78, 5) is 19.0. The van der Waals surface area contributed by atoms with Crippen LogP contribution in [0.2, 0.25) is 0 Å². The summed E-state index contributed by atoms with van der Waals surface area (Å²) in [5.74, 6) is 0.611. The van der Waals surface area contributed by atoms with Crippen molar-refractivity contribution in [3.8, 4) is 6.07 Å². The maximum absolute atomic E-state index is 13.0. The zero-order valence-electron chi connectivity index (χ0n) is 14.0. The smallest absolute Gasteiger partial charge is 0.254 e. The summed E-state index contributed by atoms with van der Waals surface area (Å²) in [7, 11) is 1.65. The van der Waals surface area contributed by atoms with Crippen molar-refractivity contribution < 1.29 is 9.53 Å². The maximum Gasteiger partial charge on any atom is 0.254 e. The monoisotopic (exact) mass is 337 g/mol. The second-order valence-corrected chi connectivity index (χ2v) is 6.71. The van der Waals surface area contributed by atoms with Gasteiger partial charge in [0, 0.05) is 25.6 Å². The second-order valence-electron chi connectivity index (χ2n) is 6.71. The van der Waals surface area contributed by atoms with Gasteiger partial charge in [-0.1, -0.05) is 12.1 Å². The summed E-state index contributed by atoms with van der Waals surface area (Å²) in [6.07, 6.45) is 3.90. The number of amides is 1. The van der Waals surface area contributed by atoms with Crippen molar-refractivity contribution in [3.05, 3.63) is 47.5 Å². The first-order valence-electron chi connectivity index (χ1n) is 8.38. The lowest BCUT2D eigenvalue weighted by Crippen LogP contribution is -2.32. The molecule has 1 aromatic heterocycles. The van der Waals surface area contributed by atoms with Crippen molar-refractivity contribution >= 4 is 5.91 Å². The van der Waals surface area contributed by atoms with Gasteiger partial charge in [-0.25, -0.2) is 4.98 Å². The third-order valence-electron chi connectivity index (χ3n) is 5.25. The Balaban J connectivity index is 1.58. The number of nitrogens with zero attached hydrogens (tertiary/aromatic N) is 4. The normalized spacial score (nSPS) is 24.1. The van der Waals surface area contributed by atoms with Crippen LogP contribution in [-0.2, 0) is 10.2 Å². The van der Waals surface area contributed by atoms with Crippen LogP contribution in [0.5, 0.6) is 0 Å². The highest BCUT2D eigenvalue weighted by molar-refractivity contribution is 5.94. The number of benzene rings is 1. The van der Waals surface area contributed by atoms with Crippen LogP contribution in [0.4, 0.5) is 0 Å². The molecule has 7 nitrogen and oxygen atoms in total. The number of nitrogens with one attached hydrogen (secondary N) is 1. The molecule has 1 aliphatic carbocycles. The van der Waals surface area contributed by atoms with E-state index in [0.29, 0.717) is 24.4 Å². The fourth-order valence-electron chi connectivity index (χ4n) is 3.52. The molecule has 2 aromatic rings. The molecule has 2 aliphatic rings. The standard InChI is InChI=1S/C18H19N5O2/c1-25-14-8-15(16-20-11-21-22-16)23(9-14)17(24)12-2-4-13(5-3-12)18(10-19)6-7-18/h2-5,11,14-15H,6-9H2,1H3,(H,20,21,22)/t14-,15+/m1/s1. The number of aromatic nitrogens is 3. The van der Waals surface area contributed by atoms with Crippen molar-refractivity contribution in [2.24, 2.45) is 0 Å². The van der Waals surface area contributed by atoms with E-state index in [0.717, 1.165) is 18.4 Å². The van der Waals surface area contributed by atoms with Gasteiger partial charge in [-0.15, -0.1) is 0 Å². The lowest BCUT2D eigenvalue weighted by Gasteiger charge is -2.23. The predicted molar refractivity (Wildman–Crippen MR) is 88.5 cm³/mol. The zero-order valence-corrected chi connectivity index (χ0v) is 14.0. The van der Waals surface area contributed by atoms with Gasteiger partial charge in [0.15, 0.2) is 0 Å². The molecule has 0 spiro atoms. The number of carbonyl (C=O) groups is 1. The number of nitriles is 1. The number of methoxy groups -OCH3 is 1. The van der Waals surface area contributed by atoms with Crippen LogP contribution in [0, 0.1) is 11.3 Å². The van der Waals surface area contributed by atoms with Crippen LogP contribution in [0.25, 0.3) is 0 Å². The summed E-state index contributed by atoms with van der Waals surface area (Å²) in [6, 6.07) is 9.63. The molecule has 25 heavy (non-hydrogen) atoms. The van der Waals surface area contributed by atoms with E-state index in [-0.39, 0.29) is 23.5 Å². The number of likely N-dealkylation sites (tertiary alicyclic amines) is 1. The van der Waals surface area contributed by atoms with E-state index in [1.165, 1.54) is 6.33 Å². The predicted octanol–water partition coefficient (Wildman–Crippen LogP) is 1.96. The molecule has 0 unspecified atom stereocenters. The summed E-state index contributed by atoms with van der Waals surface area (Å²) in [6.45, 7) is 0.518. The van der Waals surface area contributed by atoms with Gasteiger partial charge >= 0.3 is 0 Å². The van der Waals surface area contributed by atoms with Crippen LogP contribution in [0.1, 0.15) is 47.1 Å². The highest BCUT2D eigenvalue weighted by Crippen LogP contribution is 2.47. The fourth-order valence-corrected chi connectivity index (χ4v) is 3.52. The molecule has 0 bridgehead atoms. The Kier molecular flexibility index (Phi) is 3.77. The summed E-state index contributed by atoms with van der Waals surface area (Å²) < 4.78 is 5.45. The van der Waals surface area contributed by atoms with Crippen LogP contribution in [-0.4, -0.2) is 45.7 Å². The Morgan fingerprint density at radius 1 is 1.40 bits per heavy atom. The van der Waals surface area contributed by atoms with Crippen LogP contribution < -0.4 is 0 Å². The number of ether oxygens (including phenoxy) is 1. The lowest BCUT2D eigenvalue weighted by molar-refractivity contribution is 0.0684. The molecule has 2 atom stereocenters. The van der Waals surface area contributed by atoms with Crippen molar-refractivity contribution in [2.75, 3.05) is 13.7 Å². The van der Waals surface area contributed by atoms with Crippen molar-refractivity contribution in [2.45, 2.75) is 36.8 Å². The molecular weight excluding hydrogens is 318 g/mol. The molecule has 0 radical (unpaired) electrons. The van der Waals surface area contributed by atoms with Gasteiger partial charge in [-0.05, 0) is 30.5 Å². The lowest BCUT2D eigenvalue weighted by atomic mass is 9.96. The molecule has 1 saturated heterocycles. The zero-order chi connectivity index (χ0) is 17.4. The molecule has 128 valence electrons. The Hall–Kier alpha value is -2.72. The Morgan fingerprint density at radius 2 is 2.16 bits per heavy atom. The quantitative estimate of drug-likeness (QED) is 0.920. The van der Waals surface area contributed by atoms with E-state index >= 15 is 0 Å². The highest BCUT2D eigenvalue weighted by atomic mass is 16.5. The molecule has 1 amide bonds. The number of H-pyrrole nitrogens is 1. The molecule has 2 heterocycles. The number of rotatable bonds is 4. The van der Waals surface area contributed by atoms with Crippen LogP contribution >= 0.6 is 0 Å². The number of aromatic amines is 1. The topological polar surface area (TPSA) is 94.9 Å². The molecule has 2 fully saturated rings. The van der Waals surface area contributed by atoms with Gasteiger partial charge in [-0.2, -0.15) is 10.4 Å². The maximum atomic E-state index is 13.0. The number of carbonyl (C=O) groups excluding carboxylic acids is 1. The average Bonchev–Trinajstić information content (AvgIpc) is 3.07. The van der Waals surface area contributed by atoms with Gasteiger partial charge in [0.05, 0.1) is 23.6 Å². The molecule has 1 N–H and O–H groups in total. The van der Waals surface area contributed by atoms with Gasteiger partial charge in [0.25, 0.3) is 5.91 Å². The summed E-state index contributed by atoms with van der Waals surface area (Å²) >= 11 is 0. The SMILES string of the molecule is CO[C@@H]1C[C@@H](c2ncn[nH]2)N(C(=O)c2ccc(C3(C#N)CC3)cc2)C1. The Morgan fingerprint density at radius 3 is 2.72 bits per heavy atom. The molecule has 1 saturated carbocycles. The van der Waals surface area contributed by atoms with E-state index in [1.807, 2.05) is 24.3 Å². The third-order valence-corrected chi connectivity index (χ3v) is 5.25. The Bertz CT molecular complexity index is 805. The first-order chi connectivity index (χ1) is 12.2. The minimum Gasteiger partial charge on any atom is -0.380 e. The Labute approximate surface area is 145 Å².